The lowest BCUT2D eigenvalue weighted by Gasteiger charge is -2.33. The fourth-order valence-corrected chi connectivity index (χ4v) is 2.60. The maximum Gasteiger partial charge on any atom is 0.248 e. The van der Waals surface area contributed by atoms with Gasteiger partial charge in [-0.2, -0.15) is 0 Å². The Morgan fingerprint density at radius 1 is 1.35 bits per heavy atom. The second-order valence-electron chi connectivity index (χ2n) is 6.59. The fourth-order valence-electron chi connectivity index (χ4n) is 2.60. The number of carbonyl (C=O) groups is 2. The molecule has 1 saturated heterocycles. The van der Waals surface area contributed by atoms with E-state index in [4.69, 9.17) is 4.74 Å². The maximum atomic E-state index is 12.0. The third kappa shape index (κ3) is 5.67. The van der Waals surface area contributed by atoms with Gasteiger partial charge < -0.3 is 15.0 Å². The van der Waals surface area contributed by atoms with Crippen molar-refractivity contribution in [1.82, 2.24) is 10.2 Å². The molecule has 23 heavy (non-hydrogen) atoms. The largest absolute Gasteiger partial charge is 0.365 e. The Morgan fingerprint density at radius 2 is 2.04 bits per heavy atom. The topological polar surface area (TPSA) is 58.6 Å². The number of morpholine rings is 1. The van der Waals surface area contributed by atoms with Crippen molar-refractivity contribution in [3.8, 4) is 0 Å². The minimum absolute atomic E-state index is 0.0234. The molecule has 1 aromatic carbocycles. The van der Waals surface area contributed by atoms with Gasteiger partial charge in [-0.1, -0.05) is 43.7 Å². The number of hydrogen-bond acceptors (Lipinski definition) is 3. The Labute approximate surface area is 138 Å². The van der Waals surface area contributed by atoms with Crippen molar-refractivity contribution in [2.45, 2.75) is 33.3 Å². The SMILES string of the molecule is Cc1ccc(CC(=O)NCC2CN(CC(C)C)C(=O)CO2)cc1. The highest BCUT2D eigenvalue weighted by Crippen LogP contribution is 2.09. The summed E-state index contributed by atoms with van der Waals surface area (Å²) in [6, 6.07) is 7.94. The van der Waals surface area contributed by atoms with Crippen molar-refractivity contribution < 1.29 is 14.3 Å². The number of nitrogens with one attached hydrogen (secondary N) is 1. The molecule has 0 radical (unpaired) electrons. The fraction of sp³-hybridized carbons (Fsp3) is 0.556. The molecule has 126 valence electrons. The van der Waals surface area contributed by atoms with Gasteiger partial charge >= 0.3 is 0 Å². The van der Waals surface area contributed by atoms with E-state index < -0.39 is 0 Å². The smallest absolute Gasteiger partial charge is 0.248 e. The summed E-state index contributed by atoms with van der Waals surface area (Å²) in [7, 11) is 0. The number of carbonyl (C=O) groups excluding carboxylic acids is 2. The molecule has 1 N–H and O–H groups in total. The minimum atomic E-state index is -0.131. The molecule has 1 aromatic rings. The number of nitrogens with zero attached hydrogens (tertiary/aromatic N) is 1. The van der Waals surface area contributed by atoms with Crippen LogP contribution in [0.4, 0.5) is 0 Å². The normalized spacial score (nSPS) is 18.3. The summed E-state index contributed by atoms with van der Waals surface area (Å²) in [4.78, 5) is 25.6. The van der Waals surface area contributed by atoms with Gasteiger partial charge in [0.05, 0.1) is 12.5 Å². The van der Waals surface area contributed by atoms with Gasteiger partial charge in [0.1, 0.15) is 6.61 Å². The lowest BCUT2D eigenvalue weighted by Crippen LogP contribution is -2.51. The van der Waals surface area contributed by atoms with E-state index >= 15 is 0 Å². The third-order valence-corrected chi connectivity index (χ3v) is 3.82. The summed E-state index contributed by atoms with van der Waals surface area (Å²) >= 11 is 0. The Kier molecular flexibility index (Phi) is 6.16. The third-order valence-electron chi connectivity index (χ3n) is 3.82. The molecular formula is C18H26N2O3. The number of aryl methyl sites for hydroxylation is 1. The maximum absolute atomic E-state index is 12.0. The summed E-state index contributed by atoms with van der Waals surface area (Å²) in [5.74, 6) is 0.430. The van der Waals surface area contributed by atoms with Crippen molar-refractivity contribution in [3.63, 3.8) is 0 Å². The number of benzene rings is 1. The number of hydrogen-bond donors (Lipinski definition) is 1. The monoisotopic (exact) mass is 318 g/mol. The molecule has 0 aromatic heterocycles. The average Bonchev–Trinajstić information content (AvgIpc) is 2.50. The second kappa shape index (κ2) is 8.11. The van der Waals surface area contributed by atoms with Gasteiger partial charge in [-0.3, -0.25) is 9.59 Å². The van der Waals surface area contributed by atoms with Crippen LogP contribution in [0.25, 0.3) is 0 Å². The summed E-state index contributed by atoms with van der Waals surface area (Å²) in [6.07, 6.45) is 0.232. The van der Waals surface area contributed by atoms with E-state index in [0.717, 1.165) is 12.1 Å². The van der Waals surface area contributed by atoms with Crippen molar-refractivity contribution in [2.75, 3.05) is 26.2 Å². The lowest BCUT2D eigenvalue weighted by molar-refractivity contribution is -0.149. The zero-order valence-corrected chi connectivity index (χ0v) is 14.2. The Hall–Kier alpha value is -1.88. The number of ether oxygens (including phenoxy) is 1. The summed E-state index contributed by atoms with van der Waals surface area (Å²) < 4.78 is 5.51. The first-order valence-electron chi connectivity index (χ1n) is 8.15. The zero-order valence-electron chi connectivity index (χ0n) is 14.2. The first-order chi connectivity index (χ1) is 10.9. The standard InChI is InChI=1S/C18H26N2O3/c1-13(2)10-20-11-16(23-12-18(20)22)9-19-17(21)8-15-6-4-14(3)5-7-15/h4-7,13,16H,8-12H2,1-3H3,(H,19,21). The van der Waals surface area contributed by atoms with Crippen LogP contribution >= 0.6 is 0 Å². The van der Waals surface area contributed by atoms with E-state index in [2.05, 4.69) is 19.2 Å². The molecule has 1 fully saturated rings. The molecular weight excluding hydrogens is 292 g/mol. The van der Waals surface area contributed by atoms with Gasteiger partial charge in [-0.05, 0) is 18.4 Å². The van der Waals surface area contributed by atoms with Crippen LogP contribution in [0.2, 0.25) is 0 Å². The molecule has 1 aliphatic rings. The predicted octanol–water partition coefficient (Wildman–Crippen LogP) is 1.54. The van der Waals surface area contributed by atoms with Gasteiger partial charge in [0, 0.05) is 19.6 Å². The van der Waals surface area contributed by atoms with Crippen molar-refractivity contribution >= 4 is 11.8 Å². The molecule has 1 unspecified atom stereocenters. The summed E-state index contributed by atoms with van der Waals surface area (Å²) in [5, 5.41) is 2.90. The van der Waals surface area contributed by atoms with E-state index in [0.29, 0.717) is 25.4 Å². The Bertz CT molecular complexity index is 540. The molecule has 0 saturated carbocycles. The van der Waals surface area contributed by atoms with Crippen molar-refractivity contribution in [3.05, 3.63) is 35.4 Å². The lowest BCUT2D eigenvalue weighted by atomic mass is 10.1. The predicted molar refractivity (Wildman–Crippen MR) is 89.1 cm³/mol. The van der Waals surface area contributed by atoms with Gasteiger partial charge in [-0.25, -0.2) is 0 Å². The van der Waals surface area contributed by atoms with E-state index in [1.807, 2.05) is 36.1 Å². The van der Waals surface area contributed by atoms with Gasteiger partial charge in [0.15, 0.2) is 0 Å². The molecule has 5 nitrogen and oxygen atoms in total. The highest BCUT2D eigenvalue weighted by molar-refractivity contribution is 5.79. The van der Waals surface area contributed by atoms with Gasteiger partial charge in [0.2, 0.25) is 11.8 Å². The average molecular weight is 318 g/mol. The molecule has 2 rings (SSSR count). The van der Waals surface area contributed by atoms with Crippen molar-refractivity contribution in [1.29, 1.82) is 0 Å². The van der Waals surface area contributed by atoms with Crippen LogP contribution < -0.4 is 5.32 Å². The highest BCUT2D eigenvalue weighted by atomic mass is 16.5. The molecule has 0 aliphatic carbocycles. The van der Waals surface area contributed by atoms with E-state index in [1.165, 1.54) is 5.56 Å². The molecule has 1 aliphatic heterocycles. The zero-order chi connectivity index (χ0) is 16.8. The molecule has 0 spiro atoms. The highest BCUT2D eigenvalue weighted by Gasteiger charge is 2.26. The van der Waals surface area contributed by atoms with Crippen LogP contribution in [0.3, 0.4) is 0 Å². The first kappa shape index (κ1) is 17.5. The number of rotatable bonds is 6. The van der Waals surface area contributed by atoms with Crippen LogP contribution in [-0.4, -0.2) is 49.1 Å². The van der Waals surface area contributed by atoms with Crippen LogP contribution in [0, 0.1) is 12.8 Å². The molecule has 5 heteroatoms. The van der Waals surface area contributed by atoms with Gasteiger partial charge in [-0.15, -0.1) is 0 Å². The first-order valence-corrected chi connectivity index (χ1v) is 8.15. The minimum Gasteiger partial charge on any atom is -0.365 e. The van der Waals surface area contributed by atoms with Crippen LogP contribution in [0.5, 0.6) is 0 Å². The van der Waals surface area contributed by atoms with E-state index in [-0.39, 0.29) is 24.5 Å². The molecule has 0 bridgehead atoms. The summed E-state index contributed by atoms with van der Waals surface area (Å²) in [6.45, 7) is 8.01. The Morgan fingerprint density at radius 3 is 2.70 bits per heavy atom. The summed E-state index contributed by atoms with van der Waals surface area (Å²) in [5.41, 5.74) is 2.17. The van der Waals surface area contributed by atoms with E-state index in [9.17, 15) is 9.59 Å². The van der Waals surface area contributed by atoms with Crippen LogP contribution in [0.15, 0.2) is 24.3 Å². The van der Waals surface area contributed by atoms with Crippen LogP contribution in [0.1, 0.15) is 25.0 Å². The molecule has 1 heterocycles. The molecule has 2 amide bonds. The van der Waals surface area contributed by atoms with Crippen LogP contribution in [-0.2, 0) is 20.7 Å². The van der Waals surface area contributed by atoms with Crippen molar-refractivity contribution in [2.24, 2.45) is 5.92 Å². The van der Waals surface area contributed by atoms with Gasteiger partial charge in [0.25, 0.3) is 0 Å². The second-order valence-corrected chi connectivity index (χ2v) is 6.59. The Balaban J connectivity index is 1.77. The quantitative estimate of drug-likeness (QED) is 0.865. The van der Waals surface area contributed by atoms with E-state index in [1.54, 1.807) is 0 Å². The number of amides is 2. The molecule has 1 atom stereocenters.